The topological polar surface area (TPSA) is 82.4 Å². The molecule has 0 saturated heterocycles. The maximum Gasteiger partial charge on any atom is 0.196 e. The molecule has 4 rings (SSSR count). The number of anilines is 1. The number of hydrogen-bond acceptors (Lipinski definition) is 6. The number of nitrogens with zero attached hydrogens (tertiary/aromatic N) is 3. The normalized spacial score (nSPS) is 12.2. The van der Waals surface area contributed by atoms with Crippen molar-refractivity contribution in [2.24, 2.45) is 0 Å². The van der Waals surface area contributed by atoms with E-state index in [0.717, 1.165) is 40.9 Å². The van der Waals surface area contributed by atoms with Crippen LogP contribution >= 0.6 is 12.4 Å². The molecule has 1 heterocycles. The van der Waals surface area contributed by atoms with E-state index in [9.17, 15) is 4.79 Å². The first kappa shape index (κ1) is 22.2. The van der Waals surface area contributed by atoms with Crippen molar-refractivity contribution in [1.29, 1.82) is 0 Å². The van der Waals surface area contributed by atoms with Crippen molar-refractivity contribution < 1.29 is 9.90 Å². The summed E-state index contributed by atoms with van der Waals surface area (Å²) in [5.74, 6) is 0.0454. The predicted molar refractivity (Wildman–Crippen MR) is 123 cm³/mol. The predicted octanol–water partition coefficient (Wildman–Crippen LogP) is 2.22. The van der Waals surface area contributed by atoms with Crippen molar-refractivity contribution in [2.45, 2.75) is 6.54 Å². The van der Waals surface area contributed by atoms with Crippen LogP contribution in [0.2, 0.25) is 0 Å². The first-order chi connectivity index (χ1) is 14.1. The van der Waals surface area contributed by atoms with E-state index in [0.29, 0.717) is 30.8 Å². The lowest BCUT2D eigenvalue weighted by atomic mass is 9.86. The first-order valence-corrected chi connectivity index (χ1v) is 9.99. The van der Waals surface area contributed by atoms with Crippen LogP contribution < -0.4 is 10.6 Å². The zero-order valence-electron chi connectivity index (χ0n) is 17.3. The van der Waals surface area contributed by atoms with Crippen molar-refractivity contribution in [3.8, 4) is 11.3 Å². The fraction of sp³-hybridized carbons (Fsp3) is 0.364. The molecule has 0 amide bonds. The fourth-order valence-electron chi connectivity index (χ4n) is 3.84. The van der Waals surface area contributed by atoms with Gasteiger partial charge in [-0.3, -0.25) is 9.48 Å². The Morgan fingerprint density at radius 2 is 1.83 bits per heavy atom. The maximum atomic E-state index is 13.4. The minimum Gasteiger partial charge on any atom is -0.395 e. The summed E-state index contributed by atoms with van der Waals surface area (Å²) in [7, 11) is 4.06. The standard InChI is InChI=1S/C22H27N5O2.ClH/c1-26(2)12-10-24-17-7-8-18-20-19(17)22(29)16-6-4-3-5-15(16)21(20)25-27(18)13-9-23-11-14-28;/h3-8,23-24,28H,9-14H2,1-2H3;1H. The van der Waals surface area contributed by atoms with E-state index < -0.39 is 0 Å². The maximum absolute atomic E-state index is 13.4. The summed E-state index contributed by atoms with van der Waals surface area (Å²) in [6, 6.07) is 11.7. The SMILES string of the molecule is CN(C)CCNc1ccc2c3c(nn2CCNCCO)-c2ccccc2C(=O)c13.Cl. The molecule has 0 bridgehead atoms. The van der Waals surface area contributed by atoms with Crippen LogP contribution in [0.5, 0.6) is 0 Å². The lowest BCUT2D eigenvalue weighted by Gasteiger charge is -2.19. The van der Waals surface area contributed by atoms with Gasteiger partial charge in [0.15, 0.2) is 5.78 Å². The molecule has 7 nitrogen and oxygen atoms in total. The van der Waals surface area contributed by atoms with Crippen LogP contribution in [0.1, 0.15) is 15.9 Å². The Morgan fingerprint density at radius 3 is 2.57 bits per heavy atom. The van der Waals surface area contributed by atoms with Crippen LogP contribution in [0.15, 0.2) is 36.4 Å². The third kappa shape index (κ3) is 4.06. The summed E-state index contributed by atoms with van der Waals surface area (Å²) in [5, 5.41) is 21.4. The second kappa shape index (κ2) is 9.57. The Kier molecular flexibility index (Phi) is 7.10. The number of fused-ring (bicyclic) bond motifs is 2. The number of benzene rings is 2. The molecule has 0 unspecified atom stereocenters. The molecule has 2 aromatic carbocycles. The molecule has 0 saturated carbocycles. The van der Waals surface area contributed by atoms with Crippen molar-refractivity contribution in [2.75, 3.05) is 52.2 Å². The van der Waals surface area contributed by atoms with Gasteiger partial charge in [0.05, 0.1) is 24.2 Å². The molecule has 1 aromatic heterocycles. The van der Waals surface area contributed by atoms with Crippen molar-refractivity contribution in [3.63, 3.8) is 0 Å². The van der Waals surface area contributed by atoms with E-state index in [4.69, 9.17) is 10.2 Å². The highest BCUT2D eigenvalue weighted by Gasteiger charge is 2.30. The van der Waals surface area contributed by atoms with Gasteiger partial charge in [0.2, 0.25) is 0 Å². The van der Waals surface area contributed by atoms with E-state index >= 15 is 0 Å². The lowest BCUT2D eigenvalue weighted by molar-refractivity contribution is 0.104. The third-order valence-electron chi connectivity index (χ3n) is 5.24. The van der Waals surface area contributed by atoms with E-state index in [1.165, 1.54) is 0 Å². The quantitative estimate of drug-likeness (QED) is 0.354. The average Bonchev–Trinajstić information content (AvgIpc) is 3.09. The summed E-state index contributed by atoms with van der Waals surface area (Å²) in [5.41, 5.74) is 4.99. The second-order valence-corrected chi connectivity index (χ2v) is 7.53. The number of carbonyl (C=O) groups excluding carboxylic acids is 1. The first-order valence-electron chi connectivity index (χ1n) is 9.99. The van der Waals surface area contributed by atoms with Crippen LogP contribution in [0.4, 0.5) is 5.69 Å². The van der Waals surface area contributed by atoms with Gasteiger partial charge >= 0.3 is 0 Å². The molecule has 1 aliphatic rings. The average molecular weight is 430 g/mol. The zero-order valence-corrected chi connectivity index (χ0v) is 18.1. The Bertz CT molecular complexity index is 1050. The van der Waals surface area contributed by atoms with Gasteiger partial charge in [0, 0.05) is 48.4 Å². The number of carbonyl (C=O) groups is 1. The number of aliphatic hydroxyl groups is 1. The Morgan fingerprint density at radius 1 is 1.07 bits per heavy atom. The van der Waals surface area contributed by atoms with E-state index in [1.807, 2.05) is 55.2 Å². The number of nitrogens with one attached hydrogen (secondary N) is 2. The highest BCUT2D eigenvalue weighted by Crippen LogP contribution is 2.41. The number of halogens is 1. The van der Waals surface area contributed by atoms with Gasteiger partial charge in [0.1, 0.15) is 5.69 Å². The van der Waals surface area contributed by atoms with Crippen LogP contribution in [0.3, 0.4) is 0 Å². The van der Waals surface area contributed by atoms with Crippen molar-refractivity contribution in [1.82, 2.24) is 20.0 Å². The van der Waals surface area contributed by atoms with Gasteiger partial charge in [0.25, 0.3) is 0 Å². The van der Waals surface area contributed by atoms with Crippen molar-refractivity contribution in [3.05, 3.63) is 47.5 Å². The largest absolute Gasteiger partial charge is 0.395 e. The van der Waals surface area contributed by atoms with Gasteiger partial charge in [-0.25, -0.2) is 0 Å². The molecular formula is C22H28ClN5O2. The molecule has 0 atom stereocenters. The molecule has 0 fully saturated rings. The minimum atomic E-state index is 0. The van der Waals surface area contributed by atoms with E-state index in [-0.39, 0.29) is 24.8 Å². The van der Waals surface area contributed by atoms with Gasteiger partial charge in [-0.05, 0) is 26.2 Å². The van der Waals surface area contributed by atoms with Gasteiger partial charge in [-0.2, -0.15) is 5.10 Å². The Hall–Kier alpha value is -2.45. The van der Waals surface area contributed by atoms with Crippen LogP contribution in [-0.4, -0.2) is 72.5 Å². The second-order valence-electron chi connectivity index (χ2n) is 7.53. The summed E-state index contributed by atoms with van der Waals surface area (Å²) in [6.45, 7) is 3.67. The number of ketones is 1. The van der Waals surface area contributed by atoms with Crippen LogP contribution in [-0.2, 0) is 6.54 Å². The van der Waals surface area contributed by atoms with E-state index in [2.05, 4.69) is 15.5 Å². The molecule has 0 aliphatic heterocycles. The molecule has 160 valence electrons. The highest BCUT2D eigenvalue weighted by atomic mass is 35.5. The Labute approximate surface area is 182 Å². The number of likely N-dealkylation sites (N-methyl/N-ethyl adjacent to an activating group) is 1. The smallest absolute Gasteiger partial charge is 0.196 e. The zero-order chi connectivity index (χ0) is 20.4. The summed E-state index contributed by atoms with van der Waals surface area (Å²) in [6.07, 6.45) is 0. The van der Waals surface area contributed by atoms with E-state index in [1.54, 1.807) is 0 Å². The molecule has 30 heavy (non-hydrogen) atoms. The summed E-state index contributed by atoms with van der Waals surface area (Å²) < 4.78 is 1.96. The van der Waals surface area contributed by atoms with Gasteiger partial charge in [-0.1, -0.05) is 24.3 Å². The number of aliphatic hydroxyl groups excluding tert-OH is 1. The van der Waals surface area contributed by atoms with Gasteiger partial charge < -0.3 is 20.6 Å². The number of hydrogen-bond donors (Lipinski definition) is 3. The molecule has 8 heteroatoms. The summed E-state index contributed by atoms with van der Waals surface area (Å²) in [4.78, 5) is 15.5. The number of rotatable bonds is 9. The molecule has 0 radical (unpaired) electrons. The molecular weight excluding hydrogens is 402 g/mol. The lowest BCUT2D eigenvalue weighted by Crippen LogP contribution is -2.23. The fourth-order valence-corrected chi connectivity index (χ4v) is 3.84. The third-order valence-corrected chi connectivity index (χ3v) is 5.24. The minimum absolute atomic E-state index is 0. The molecule has 1 aliphatic carbocycles. The highest BCUT2D eigenvalue weighted by molar-refractivity contribution is 6.27. The summed E-state index contributed by atoms with van der Waals surface area (Å²) >= 11 is 0. The Balaban J connectivity index is 0.00000256. The molecule has 0 spiro atoms. The number of aromatic nitrogens is 2. The van der Waals surface area contributed by atoms with Crippen LogP contribution in [0, 0.1) is 0 Å². The molecule has 3 aromatic rings. The van der Waals surface area contributed by atoms with Crippen LogP contribution in [0.25, 0.3) is 22.2 Å². The molecule has 3 N–H and O–H groups in total. The van der Waals surface area contributed by atoms with Gasteiger partial charge in [-0.15, -0.1) is 12.4 Å². The van der Waals surface area contributed by atoms with Crippen molar-refractivity contribution >= 4 is 34.8 Å². The monoisotopic (exact) mass is 429 g/mol.